The molecule has 1 N–H and O–H groups in total. The Kier molecular flexibility index (Phi) is 4.38. The van der Waals surface area contributed by atoms with Crippen molar-refractivity contribution in [1.82, 2.24) is 4.98 Å². The lowest BCUT2D eigenvalue weighted by Gasteiger charge is -2.03. The quantitative estimate of drug-likeness (QED) is 0.839. The van der Waals surface area contributed by atoms with Crippen LogP contribution in [0.1, 0.15) is 0 Å². The first-order chi connectivity index (χ1) is 6.18. The molecule has 0 radical (unpaired) electrons. The van der Waals surface area contributed by atoms with Gasteiger partial charge in [0, 0.05) is 29.4 Å². The van der Waals surface area contributed by atoms with Crippen molar-refractivity contribution in [3.8, 4) is 0 Å². The molecule has 0 saturated heterocycles. The predicted molar refractivity (Wildman–Crippen MR) is 59.4 cm³/mol. The molecule has 0 aliphatic carbocycles. The smallest absolute Gasteiger partial charge is 0.127 e. The summed E-state index contributed by atoms with van der Waals surface area (Å²) in [6.45, 7) is 0.687. The van der Waals surface area contributed by atoms with Crippen LogP contribution in [-0.2, 0) is 10.8 Å². The molecule has 0 aliphatic heterocycles. The minimum absolute atomic E-state index is 0.647. The Labute approximate surface area is 88.5 Å². The van der Waals surface area contributed by atoms with Gasteiger partial charge < -0.3 is 5.32 Å². The van der Waals surface area contributed by atoms with E-state index in [1.54, 1.807) is 6.26 Å². The third kappa shape index (κ3) is 4.38. The highest BCUT2D eigenvalue weighted by Crippen LogP contribution is 2.09. The van der Waals surface area contributed by atoms with Crippen molar-refractivity contribution in [3.63, 3.8) is 0 Å². The zero-order chi connectivity index (χ0) is 9.68. The van der Waals surface area contributed by atoms with E-state index in [0.717, 1.165) is 10.4 Å². The first-order valence-corrected chi connectivity index (χ1v) is 6.37. The Hall–Kier alpha value is -0.420. The Balaban J connectivity index is 2.41. The second kappa shape index (κ2) is 5.34. The number of rotatable bonds is 4. The van der Waals surface area contributed by atoms with Crippen LogP contribution in [0.3, 0.4) is 0 Å². The normalized spacial score (nSPS) is 12.5. The molecule has 1 unspecified atom stereocenters. The zero-order valence-corrected chi connectivity index (χ0v) is 9.69. The van der Waals surface area contributed by atoms with Gasteiger partial charge in [-0.05, 0) is 28.1 Å². The van der Waals surface area contributed by atoms with Crippen LogP contribution in [0.25, 0.3) is 0 Å². The summed E-state index contributed by atoms with van der Waals surface area (Å²) in [4.78, 5) is 4.18. The number of halogens is 1. The fraction of sp³-hybridized carbons (Fsp3) is 0.375. The highest BCUT2D eigenvalue weighted by Gasteiger charge is 1.94. The van der Waals surface area contributed by atoms with Crippen LogP contribution in [0.4, 0.5) is 5.82 Å². The van der Waals surface area contributed by atoms with Crippen LogP contribution in [-0.4, -0.2) is 27.7 Å². The van der Waals surface area contributed by atoms with Gasteiger partial charge in [0.05, 0.1) is 0 Å². The van der Waals surface area contributed by atoms with Gasteiger partial charge in [-0.25, -0.2) is 4.98 Å². The maximum Gasteiger partial charge on any atom is 0.127 e. The number of nitrogens with zero attached hydrogens (tertiary/aromatic N) is 1. The Morgan fingerprint density at radius 3 is 3.00 bits per heavy atom. The number of hydrogen-bond donors (Lipinski definition) is 1. The second-order valence-electron chi connectivity index (χ2n) is 2.55. The summed E-state index contributed by atoms with van der Waals surface area (Å²) in [5.41, 5.74) is 0. The van der Waals surface area contributed by atoms with Crippen LogP contribution in [0.15, 0.2) is 22.8 Å². The van der Waals surface area contributed by atoms with Gasteiger partial charge in [-0.1, -0.05) is 6.07 Å². The van der Waals surface area contributed by atoms with Gasteiger partial charge in [-0.3, -0.25) is 4.21 Å². The lowest BCUT2D eigenvalue weighted by atomic mass is 10.4. The SMILES string of the molecule is CS(=O)CCNc1cccc(Br)n1. The molecule has 0 amide bonds. The molecule has 1 atom stereocenters. The van der Waals surface area contributed by atoms with Gasteiger partial charge in [0.25, 0.3) is 0 Å². The summed E-state index contributed by atoms with van der Waals surface area (Å²) in [6, 6.07) is 5.65. The van der Waals surface area contributed by atoms with Crippen LogP contribution >= 0.6 is 15.9 Å². The molecule has 0 saturated carbocycles. The highest BCUT2D eigenvalue weighted by molar-refractivity contribution is 9.10. The number of aromatic nitrogens is 1. The molecule has 72 valence electrons. The standard InChI is InChI=1S/C8H11BrN2OS/c1-13(12)6-5-10-8-4-2-3-7(9)11-8/h2-4H,5-6H2,1H3,(H,10,11). The fourth-order valence-electron chi connectivity index (χ4n) is 0.830. The topological polar surface area (TPSA) is 42.0 Å². The number of anilines is 1. The summed E-state index contributed by atoms with van der Waals surface area (Å²) in [7, 11) is -0.747. The van der Waals surface area contributed by atoms with Gasteiger partial charge in [-0.2, -0.15) is 0 Å². The largest absolute Gasteiger partial charge is 0.369 e. The molecule has 1 heterocycles. The zero-order valence-electron chi connectivity index (χ0n) is 7.29. The Bertz CT molecular complexity index is 306. The second-order valence-corrected chi connectivity index (χ2v) is 4.92. The van der Waals surface area contributed by atoms with Gasteiger partial charge in [-0.15, -0.1) is 0 Å². The van der Waals surface area contributed by atoms with Gasteiger partial charge in [0.15, 0.2) is 0 Å². The lowest BCUT2D eigenvalue weighted by Crippen LogP contribution is -2.10. The van der Waals surface area contributed by atoms with E-state index in [4.69, 9.17) is 0 Å². The fourth-order valence-corrected chi connectivity index (χ4v) is 1.56. The summed E-state index contributed by atoms with van der Waals surface area (Å²) in [5.74, 6) is 1.45. The summed E-state index contributed by atoms with van der Waals surface area (Å²) in [6.07, 6.45) is 1.69. The van der Waals surface area contributed by atoms with Gasteiger partial charge in [0.2, 0.25) is 0 Å². The molecule has 5 heteroatoms. The molecule has 1 aromatic heterocycles. The average molecular weight is 263 g/mol. The van der Waals surface area contributed by atoms with Crippen LogP contribution in [0.5, 0.6) is 0 Å². The molecule has 0 aliphatic rings. The van der Waals surface area contributed by atoms with Crippen LogP contribution in [0, 0.1) is 0 Å². The van der Waals surface area contributed by atoms with Crippen LogP contribution in [0.2, 0.25) is 0 Å². The minimum Gasteiger partial charge on any atom is -0.369 e. The van der Waals surface area contributed by atoms with E-state index < -0.39 is 10.8 Å². The lowest BCUT2D eigenvalue weighted by molar-refractivity contribution is 0.687. The third-order valence-corrected chi connectivity index (χ3v) is 2.63. The molecule has 13 heavy (non-hydrogen) atoms. The first-order valence-electron chi connectivity index (χ1n) is 3.85. The highest BCUT2D eigenvalue weighted by atomic mass is 79.9. The Morgan fingerprint density at radius 2 is 2.38 bits per heavy atom. The Morgan fingerprint density at radius 1 is 1.62 bits per heavy atom. The minimum atomic E-state index is -0.747. The third-order valence-electron chi connectivity index (χ3n) is 1.41. The van der Waals surface area contributed by atoms with Crippen molar-refractivity contribution in [1.29, 1.82) is 0 Å². The van der Waals surface area contributed by atoms with E-state index in [2.05, 4.69) is 26.2 Å². The number of hydrogen-bond acceptors (Lipinski definition) is 3. The molecule has 1 rings (SSSR count). The van der Waals surface area contributed by atoms with Crippen molar-refractivity contribution in [3.05, 3.63) is 22.8 Å². The molecule has 0 bridgehead atoms. The molecule has 3 nitrogen and oxygen atoms in total. The van der Waals surface area contributed by atoms with E-state index in [-0.39, 0.29) is 0 Å². The summed E-state index contributed by atoms with van der Waals surface area (Å²) in [5, 5.41) is 3.08. The van der Waals surface area contributed by atoms with Crippen LogP contribution < -0.4 is 5.32 Å². The number of pyridine rings is 1. The molecule has 1 aromatic rings. The molecule has 0 aromatic carbocycles. The maximum atomic E-state index is 10.7. The first kappa shape index (κ1) is 10.7. The molecular formula is C8H11BrN2OS. The van der Waals surface area contributed by atoms with Crippen molar-refractivity contribution in [2.75, 3.05) is 23.9 Å². The maximum absolute atomic E-state index is 10.7. The predicted octanol–water partition coefficient (Wildman–Crippen LogP) is 1.63. The van der Waals surface area contributed by atoms with Crippen molar-refractivity contribution < 1.29 is 4.21 Å². The number of nitrogens with one attached hydrogen (secondary N) is 1. The van der Waals surface area contributed by atoms with E-state index in [1.165, 1.54) is 0 Å². The van der Waals surface area contributed by atoms with Gasteiger partial charge >= 0.3 is 0 Å². The van der Waals surface area contributed by atoms with Gasteiger partial charge in [0.1, 0.15) is 10.4 Å². The average Bonchev–Trinajstić information content (AvgIpc) is 2.03. The van der Waals surface area contributed by atoms with E-state index in [0.29, 0.717) is 12.3 Å². The van der Waals surface area contributed by atoms with E-state index in [1.807, 2.05) is 18.2 Å². The summed E-state index contributed by atoms with van der Waals surface area (Å²) < 4.78 is 11.5. The van der Waals surface area contributed by atoms with Crippen molar-refractivity contribution in [2.45, 2.75) is 0 Å². The van der Waals surface area contributed by atoms with E-state index in [9.17, 15) is 4.21 Å². The van der Waals surface area contributed by atoms with E-state index >= 15 is 0 Å². The molecular weight excluding hydrogens is 252 g/mol. The molecule has 0 fully saturated rings. The monoisotopic (exact) mass is 262 g/mol. The summed E-state index contributed by atoms with van der Waals surface area (Å²) >= 11 is 3.27. The van der Waals surface area contributed by atoms with Crippen molar-refractivity contribution >= 4 is 32.5 Å². The van der Waals surface area contributed by atoms with Crippen molar-refractivity contribution in [2.24, 2.45) is 0 Å². The molecule has 0 spiro atoms.